The van der Waals surface area contributed by atoms with Crippen LogP contribution in [0.25, 0.3) is 0 Å². The lowest BCUT2D eigenvalue weighted by atomic mass is 9.85. The number of rotatable bonds is 6. The number of halogens is 1. The molecule has 1 spiro atoms. The minimum Gasteiger partial charge on any atom is -0.459 e. The van der Waals surface area contributed by atoms with Crippen LogP contribution < -0.4 is 10.2 Å². The van der Waals surface area contributed by atoms with Crippen LogP contribution >= 0.6 is 0 Å². The highest BCUT2D eigenvalue weighted by molar-refractivity contribution is 5.97. The summed E-state index contributed by atoms with van der Waals surface area (Å²) in [6.07, 6.45) is 2.36. The molecular weight excluding hydrogens is 463 g/mol. The standard InChI is InChI=1S/C27H27FN4O4/c28-21-10-8-20(9-11-21)17-29-24(33)18-31-19-32(22-5-2-1-3-6-22)27(26(31)35)12-14-30(15-13-27)25(34)23-7-4-16-36-23/h1-11,16H,12-15,17-19H2,(H,29,33). The molecule has 0 bridgehead atoms. The maximum atomic E-state index is 13.8. The maximum absolute atomic E-state index is 13.8. The van der Waals surface area contributed by atoms with E-state index in [0.29, 0.717) is 25.9 Å². The number of amides is 3. The fourth-order valence-corrected chi connectivity index (χ4v) is 4.99. The quantitative estimate of drug-likeness (QED) is 0.574. The first-order chi connectivity index (χ1) is 17.5. The summed E-state index contributed by atoms with van der Waals surface area (Å²) in [7, 11) is 0. The third kappa shape index (κ3) is 4.56. The van der Waals surface area contributed by atoms with Crippen LogP contribution in [0, 0.1) is 5.82 Å². The van der Waals surface area contributed by atoms with Gasteiger partial charge in [0.25, 0.3) is 11.8 Å². The topological polar surface area (TPSA) is 86.1 Å². The third-order valence-corrected chi connectivity index (χ3v) is 6.93. The van der Waals surface area contributed by atoms with Crippen molar-refractivity contribution in [3.63, 3.8) is 0 Å². The highest BCUT2D eigenvalue weighted by Crippen LogP contribution is 2.39. The summed E-state index contributed by atoms with van der Waals surface area (Å²) in [6.45, 7) is 1.25. The largest absolute Gasteiger partial charge is 0.459 e. The monoisotopic (exact) mass is 490 g/mol. The van der Waals surface area contributed by atoms with Gasteiger partial charge in [0, 0.05) is 25.3 Å². The Kier molecular flexibility index (Phi) is 6.45. The highest BCUT2D eigenvalue weighted by atomic mass is 19.1. The van der Waals surface area contributed by atoms with E-state index in [1.165, 1.54) is 18.4 Å². The molecule has 8 nitrogen and oxygen atoms in total. The molecule has 5 rings (SSSR count). The zero-order valence-electron chi connectivity index (χ0n) is 19.7. The van der Waals surface area contributed by atoms with Gasteiger partial charge >= 0.3 is 0 Å². The van der Waals surface area contributed by atoms with Crippen molar-refractivity contribution in [2.45, 2.75) is 24.9 Å². The van der Waals surface area contributed by atoms with Gasteiger partial charge in [-0.05, 0) is 54.8 Å². The van der Waals surface area contributed by atoms with Crippen LogP contribution in [0.2, 0.25) is 0 Å². The van der Waals surface area contributed by atoms with E-state index < -0.39 is 5.54 Å². The number of carbonyl (C=O) groups excluding carboxylic acids is 3. The van der Waals surface area contributed by atoms with E-state index in [4.69, 9.17) is 4.42 Å². The fraction of sp³-hybridized carbons (Fsp3) is 0.296. The van der Waals surface area contributed by atoms with Crippen molar-refractivity contribution < 1.29 is 23.2 Å². The predicted molar refractivity (Wildman–Crippen MR) is 130 cm³/mol. The molecule has 3 aromatic rings. The number of nitrogens with zero attached hydrogens (tertiary/aromatic N) is 3. The number of hydrogen-bond donors (Lipinski definition) is 1. The van der Waals surface area contributed by atoms with Crippen molar-refractivity contribution in [3.05, 3.63) is 90.1 Å². The van der Waals surface area contributed by atoms with E-state index >= 15 is 0 Å². The van der Waals surface area contributed by atoms with E-state index in [9.17, 15) is 18.8 Å². The van der Waals surface area contributed by atoms with Gasteiger partial charge in [0.2, 0.25) is 5.91 Å². The van der Waals surface area contributed by atoms with Crippen molar-refractivity contribution in [2.75, 3.05) is 31.2 Å². The summed E-state index contributed by atoms with van der Waals surface area (Å²) in [5, 5.41) is 2.81. The molecular formula is C27H27FN4O4. The number of benzene rings is 2. The maximum Gasteiger partial charge on any atom is 0.289 e. The second-order valence-corrected chi connectivity index (χ2v) is 9.11. The molecule has 0 aliphatic carbocycles. The SMILES string of the molecule is O=C(CN1CN(c2ccccc2)C2(CCN(C(=O)c3ccco3)CC2)C1=O)NCc1ccc(F)cc1. The van der Waals surface area contributed by atoms with Crippen molar-refractivity contribution >= 4 is 23.4 Å². The van der Waals surface area contributed by atoms with Gasteiger partial charge < -0.3 is 24.4 Å². The Labute approximate surface area is 208 Å². The molecule has 1 aromatic heterocycles. The number of anilines is 1. The zero-order chi connectivity index (χ0) is 25.1. The molecule has 0 unspecified atom stereocenters. The van der Waals surface area contributed by atoms with Crippen LogP contribution in [0.3, 0.4) is 0 Å². The number of nitrogens with one attached hydrogen (secondary N) is 1. The van der Waals surface area contributed by atoms with Crippen LogP contribution in [-0.2, 0) is 16.1 Å². The van der Waals surface area contributed by atoms with Gasteiger partial charge in [-0.25, -0.2) is 4.39 Å². The minimum atomic E-state index is -0.835. The van der Waals surface area contributed by atoms with Gasteiger partial charge in [-0.3, -0.25) is 14.4 Å². The Bertz CT molecular complexity index is 1220. The zero-order valence-corrected chi connectivity index (χ0v) is 19.7. The summed E-state index contributed by atoms with van der Waals surface area (Å²) in [5.41, 5.74) is 0.831. The molecule has 2 aliphatic heterocycles. The van der Waals surface area contributed by atoms with Crippen LogP contribution in [-0.4, -0.2) is 59.4 Å². The number of para-hydroxylation sites is 1. The van der Waals surface area contributed by atoms with E-state index in [1.807, 2.05) is 30.3 Å². The van der Waals surface area contributed by atoms with Gasteiger partial charge in [-0.2, -0.15) is 0 Å². The van der Waals surface area contributed by atoms with Crippen molar-refractivity contribution in [1.29, 1.82) is 0 Å². The average Bonchev–Trinajstić information content (AvgIpc) is 3.53. The molecule has 2 aliphatic rings. The first kappa shape index (κ1) is 23.6. The Balaban J connectivity index is 1.29. The molecule has 1 N–H and O–H groups in total. The summed E-state index contributed by atoms with van der Waals surface area (Å²) in [4.78, 5) is 44.6. The Hall–Kier alpha value is -4.14. The lowest BCUT2D eigenvalue weighted by Crippen LogP contribution is -2.57. The lowest BCUT2D eigenvalue weighted by Gasteiger charge is -2.43. The molecule has 2 fully saturated rings. The van der Waals surface area contributed by atoms with Crippen LogP contribution in [0.5, 0.6) is 0 Å². The van der Waals surface area contributed by atoms with E-state index in [1.54, 1.807) is 34.1 Å². The molecule has 0 saturated carbocycles. The molecule has 186 valence electrons. The van der Waals surface area contributed by atoms with Crippen molar-refractivity contribution in [2.24, 2.45) is 0 Å². The molecule has 36 heavy (non-hydrogen) atoms. The summed E-state index contributed by atoms with van der Waals surface area (Å²) < 4.78 is 18.4. The number of carbonyl (C=O) groups is 3. The van der Waals surface area contributed by atoms with Gasteiger partial charge in [0.15, 0.2) is 5.76 Å². The first-order valence-electron chi connectivity index (χ1n) is 11.9. The van der Waals surface area contributed by atoms with E-state index in [0.717, 1.165) is 11.3 Å². The van der Waals surface area contributed by atoms with Crippen molar-refractivity contribution in [3.8, 4) is 0 Å². The number of likely N-dealkylation sites (tertiary alicyclic amines) is 1. The van der Waals surface area contributed by atoms with Gasteiger partial charge in [0.1, 0.15) is 17.9 Å². The van der Waals surface area contributed by atoms with Crippen LogP contribution in [0.4, 0.5) is 10.1 Å². The van der Waals surface area contributed by atoms with Gasteiger partial charge in [-0.1, -0.05) is 30.3 Å². The number of piperidine rings is 1. The normalized spacial score (nSPS) is 17.0. The minimum absolute atomic E-state index is 0.0832. The molecule has 9 heteroatoms. The summed E-state index contributed by atoms with van der Waals surface area (Å²) in [6, 6.07) is 18.9. The second kappa shape index (κ2) is 9.85. The highest BCUT2D eigenvalue weighted by Gasteiger charge is 2.54. The Morgan fingerprint density at radius 2 is 1.69 bits per heavy atom. The number of furan rings is 1. The van der Waals surface area contributed by atoms with Crippen LogP contribution in [0.1, 0.15) is 29.0 Å². The van der Waals surface area contributed by atoms with E-state index in [-0.39, 0.29) is 49.1 Å². The third-order valence-electron chi connectivity index (χ3n) is 6.93. The lowest BCUT2D eigenvalue weighted by molar-refractivity contribution is -0.137. The van der Waals surface area contributed by atoms with Gasteiger partial charge in [-0.15, -0.1) is 0 Å². The number of hydrogen-bond acceptors (Lipinski definition) is 5. The average molecular weight is 491 g/mol. The molecule has 2 saturated heterocycles. The smallest absolute Gasteiger partial charge is 0.289 e. The Morgan fingerprint density at radius 1 is 0.972 bits per heavy atom. The molecule has 0 atom stereocenters. The molecule has 3 heterocycles. The van der Waals surface area contributed by atoms with Gasteiger partial charge in [0.05, 0.1) is 12.9 Å². The van der Waals surface area contributed by atoms with Crippen LogP contribution in [0.15, 0.2) is 77.4 Å². The van der Waals surface area contributed by atoms with Crippen molar-refractivity contribution in [1.82, 2.24) is 15.1 Å². The first-order valence-corrected chi connectivity index (χ1v) is 11.9. The van der Waals surface area contributed by atoms with E-state index in [2.05, 4.69) is 10.2 Å². The fourth-order valence-electron chi connectivity index (χ4n) is 4.99. The summed E-state index contributed by atoms with van der Waals surface area (Å²) >= 11 is 0. The molecule has 3 amide bonds. The molecule has 0 radical (unpaired) electrons. The Morgan fingerprint density at radius 3 is 2.36 bits per heavy atom. The predicted octanol–water partition coefficient (Wildman–Crippen LogP) is 3.02. The molecule has 2 aromatic carbocycles. The summed E-state index contributed by atoms with van der Waals surface area (Å²) in [5.74, 6) is -0.654. The second-order valence-electron chi connectivity index (χ2n) is 9.11.